The van der Waals surface area contributed by atoms with Gasteiger partial charge in [-0.15, -0.1) is 0 Å². The molecule has 3 N–H and O–H groups in total. The molecule has 5 nitrogen and oxygen atoms in total. The van der Waals surface area contributed by atoms with Crippen LogP contribution in [0.25, 0.3) is 10.8 Å². The number of carbonyl (C=O) groups is 2. The monoisotopic (exact) mass is 241 g/mol. The van der Waals surface area contributed by atoms with Crippen LogP contribution >= 0.6 is 0 Å². The average Bonchev–Trinajstić information content (AvgIpc) is 2.64. The maximum absolute atomic E-state index is 11.8. The van der Waals surface area contributed by atoms with Crippen LogP contribution in [0.15, 0.2) is 30.3 Å². The lowest BCUT2D eigenvalue weighted by molar-refractivity contribution is 0.0880. The average molecular weight is 241 g/mol. The number of carbonyl (C=O) groups excluding carboxylic acids is 2. The molecule has 1 aliphatic rings. The van der Waals surface area contributed by atoms with Gasteiger partial charge in [-0.2, -0.15) is 0 Å². The van der Waals surface area contributed by atoms with E-state index in [4.69, 9.17) is 0 Å². The number of nitrogens with one attached hydrogen (secondary N) is 1. The van der Waals surface area contributed by atoms with Gasteiger partial charge in [-0.1, -0.05) is 30.3 Å². The molecule has 0 aliphatic carbocycles. The highest BCUT2D eigenvalue weighted by Gasteiger charge is 2.34. The van der Waals surface area contributed by atoms with Crippen LogP contribution in [0.4, 0.5) is 0 Å². The first kappa shape index (κ1) is 10.9. The molecule has 2 aromatic rings. The zero-order valence-corrected chi connectivity index (χ0v) is 9.18. The molecule has 0 saturated carbocycles. The standard InChI is InChI=1S/C12H8BNO4/c15-11-9-7-4-2-1-3-6(7)5-8(13(17)18)10(9)12(16)14-11/h1-5,17-18H,(H,14,15,16). The Labute approximate surface area is 102 Å². The number of hydrogen-bond donors (Lipinski definition) is 3. The third kappa shape index (κ3) is 1.36. The summed E-state index contributed by atoms with van der Waals surface area (Å²) in [4.78, 5) is 23.5. The molecule has 0 radical (unpaired) electrons. The van der Waals surface area contributed by atoms with Crippen LogP contribution in [0.3, 0.4) is 0 Å². The number of amides is 2. The molecule has 2 aromatic carbocycles. The van der Waals surface area contributed by atoms with E-state index in [1.807, 2.05) is 0 Å². The van der Waals surface area contributed by atoms with Crippen molar-refractivity contribution in [2.24, 2.45) is 0 Å². The van der Waals surface area contributed by atoms with Gasteiger partial charge in [-0.05, 0) is 16.2 Å². The van der Waals surface area contributed by atoms with Gasteiger partial charge < -0.3 is 10.0 Å². The summed E-state index contributed by atoms with van der Waals surface area (Å²) in [6.07, 6.45) is 0. The molecule has 3 rings (SSSR count). The number of fused-ring (bicyclic) bond motifs is 3. The SMILES string of the molecule is O=C1NC(=O)c2c1c(B(O)O)cc1ccccc21. The van der Waals surface area contributed by atoms with Crippen LogP contribution in [-0.2, 0) is 0 Å². The van der Waals surface area contributed by atoms with Crippen molar-refractivity contribution < 1.29 is 19.6 Å². The van der Waals surface area contributed by atoms with Crippen LogP contribution in [0.5, 0.6) is 0 Å². The van der Waals surface area contributed by atoms with Crippen molar-refractivity contribution in [3.63, 3.8) is 0 Å². The Kier molecular flexibility index (Phi) is 2.23. The molecular weight excluding hydrogens is 233 g/mol. The van der Waals surface area contributed by atoms with E-state index in [0.717, 1.165) is 0 Å². The Bertz CT molecular complexity index is 696. The van der Waals surface area contributed by atoms with Gasteiger partial charge in [0.25, 0.3) is 11.8 Å². The number of imide groups is 1. The predicted molar refractivity (Wildman–Crippen MR) is 65.6 cm³/mol. The molecule has 0 bridgehead atoms. The first-order valence-corrected chi connectivity index (χ1v) is 5.37. The minimum atomic E-state index is -1.79. The Morgan fingerprint density at radius 3 is 2.39 bits per heavy atom. The fourth-order valence-corrected chi connectivity index (χ4v) is 2.28. The lowest BCUT2D eigenvalue weighted by atomic mass is 9.74. The van der Waals surface area contributed by atoms with Gasteiger partial charge in [-0.3, -0.25) is 14.9 Å². The maximum Gasteiger partial charge on any atom is 0.489 e. The second-order valence-corrected chi connectivity index (χ2v) is 4.09. The normalized spacial score (nSPS) is 13.7. The molecule has 88 valence electrons. The third-order valence-corrected chi connectivity index (χ3v) is 3.04. The van der Waals surface area contributed by atoms with Gasteiger partial charge in [0, 0.05) is 0 Å². The lowest BCUT2D eigenvalue weighted by Gasteiger charge is -2.08. The summed E-state index contributed by atoms with van der Waals surface area (Å²) < 4.78 is 0. The number of rotatable bonds is 1. The summed E-state index contributed by atoms with van der Waals surface area (Å²) in [5.74, 6) is -1.10. The molecule has 0 aromatic heterocycles. The second kappa shape index (κ2) is 3.66. The number of hydrogen-bond acceptors (Lipinski definition) is 4. The van der Waals surface area contributed by atoms with Gasteiger partial charge in [0.15, 0.2) is 0 Å². The first-order chi connectivity index (χ1) is 8.59. The maximum atomic E-state index is 11.8. The van der Waals surface area contributed by atoms with Crippen LogP contribution in [-0.4, -0.2) is 29.0 Å². The molecule has 6 heteroatoms. The highest BCUT2D eigenvalue weighted by Crippen LogP contribution is 2.24. The summed E-state index contributed by atoms with van der Waals surface area (Å²) in [5, 5.41) is 22.1. The zero-order valence-electron chi connectivity index (χ0n) is 9.18. The molecule has 18 heavy (non-hydrogen) atoms. The first-order valence-electron chi connectivity index (χ1n) is 5.37. The van der Waals surface area contributed by atoms with E-state index >= 15 is 0 Å². The molecule has 0 saturated heterocycles. The van der Waals surface area contributed by atoms with Crippen molar-refractivity contribution in [3.05, 3.63) is 41.5 Å². The van der Waals surface area contributed by atoms with E-state index in [0.29, 0.717) is 10.8 Å². The third-order valence-electron chi connectivity index (χ3n) is 3.04. The highest BCUT2D eigenvalue weighted by atomic mass is 16.4. The van der Waals surface area contributed by atoms with Crippen molar-refractivity contribution in [2.75, 3.05) is 0 Å². The van der Waals surface area contributed by atoms with Gasteiger partial charge in [0.05, 0.1) is 11.1 Å². The van der Waals surface area contributed by atoms with Crippen molar-refractivity contribution in [2.45, 2.75) is 0 Å². The zero-order chi connectivity index (χ0) is 12.9. The molecule has 0 fully saturated rings. The van der Waals surface area contributed by atoms with Crippen molar-refractivity contribution in [1.29, 1.82) is 0 Å². The summed E-state index contributed by atoms with van der Waals surface area (Å²) in [7, 11) is -1.79. The molecule has 0 unspecified atom stereocenters. The van der Waals surface area contributed by atoms with Crippen LogP contribution in [0, 0.1) is 0 Å². The molecular formula is C12H8BNO4. The summed E-state index contributed by atoms with van der Waals surface area (Å²) in [5.41, 5.74) is 0.307. The lowest BCUT2D eigenvalue weighted by Crippen LogP contribution is -2.35. The van der Waals surface area contributed by atoms with Crippen molar-refractivity contribution in [3.8, 4) is 0 Å². The Balaban J connectivity index is 2.49. The summed E-state index contributed by atoms with van der Waals surface area (Å²) in [6.45, 7) is 0. The Hall–Kier alpha value is -2.18. The molecule has 2 amide bonds. The van der Waals surface area contributed by atoms with Crippen LogP contribution < -0.4 is 10.8 Å². The predicted octanol–water partition coefficient (Wildman–Crippen LogP) is -0.597. The number of benzene rings is 2. The fraction of sp³-hybridized carbons (Fsp3) is 0. The Morgan fingerprint density at radius 2 is 1.67 bits per heavy atom. The summed E-state index contributed by atoms with van der Waals surface area (Å²) >= 11 is 0. The topological polar surface area (TPSA) is 86.6 Å². The van der Waals surface area contributed by atoms with Gasteiger partial charge in [-0.25, -0.2) is 0 Å². The van der Waals surface area contributed by atoms with Crippen LogP contribution in [0.2, 0.25) is 0 Å². The quantitative estimate of drug-likeness (QED) is 0.459. The Morgan fingerprint density at radius 1 is 1.00 bits per heavy atom. The van der Waals surface area contributed by atoms with Crippen molar-refractivity contribution >= 4 is 35.2 Å². The minimum Gasteiger partial charge on any atom is -0.423 e. The molecule has 0 spiro atoms. The van der Waals surface area contributed by atoms with Gasteiger partial charge >= 0.3 is 7.12 Å². The highest BCUT2D eigenvalue weighted by molar-refractivity contribution is 6.62. The van der Waals surface area contributed by atoms with E-state index in [1.165, 1.54) is 6.07 Å². The van der Waals surface area contributed by atoms with E-state index in [2.05, 4.69) is 5.32 Å². The van der Waals surface area contributed by atoms with E-state index in [-0.39, 0.29) is 16.6 Å². The molecule has 1 aliphatic heterocycles. The van der Waals surface area contributed by atoms with Gasteiger partial charge in [0.1, 0.15) is 0 Å². The van der Waals surface area contributed by atoms with Crippen molar-refractivity contribution in [1.82, 2.24) is 5.32 Å². The minimum absolute atomic E-state index is 0.0482. The van der Waals surface area contributed by atoms with Gasteiger partial charge in [0.2, 0.25) is 0 Å². The van der Waals surface area contributed by atoms with Crippen LogP contribution in [0.1, 0.15) is 20.7 Å². The largest absolute Gasteiger partial charge is 0.489 e. The smallest absolute Gasteiger partial charge is 0.423 e. The van der Waals surface area contributed by atoms with E-state index in [1.54, 1.807) is 24.3 Å². The fourth-order valence-electron chi connectivity index (χ4n) is 2.28. The molecule has 0 atom stereocenters. The molecule has 1 heterocycles. The van der Waals surface area contributed by atoms with E-state index < -0.39 is 18.9 Å². The van der Waals surface area contributed by atoms with E-state index in [9.17, 15) is 19.6 Å². The summed E-state index contributed by atoms with van der Waals surface area (Å²) in [6, 6.07) is 8.51. The second-order valence-electron chi connectivity index (χ2n) is 4.09.